The first-order chi connectivity index (χ1) is 8.28. The van der Waals surface area contributed by atoms with Crippen LogP contribution in [0.15, 0.2) is 24.3 Å². The monoisotopic (exact) mass is 250 g/mol. The van der Waals surface area contributed by atoms with Gasteiger partial charge >= 0.3 is 5.97 Å². The smallest absolute Gasteiger partial charge is 0.325 e. The van der Waals surface area contributed by atoms with Crippen LogP contribution in [0.2, 0.25) is 0 Å². The zero-order valence-corrected chi connectivity index (χ0v) is 10.8. The Kier molecular flexibility index (Phi) is 4.31. The molecule has 5 nitrogen and oxygen atoms in total. The molecule has 1 rings (SSSR count). The van der Waals surface area contributed by atoms with Gasteiger partial charge in [-0.15, -0.1) is 0 Å². The van der Waals surface area contributed by atoms with Crippen LogP contribution in [0.5, 0.6) is 0 Å². The highest BCUT2D eigenvalue weighted by atomic mass is 16.6. The second-order valence-corrected chi connectivity index (χ2v) is 4.89. The van der Waals surface area contributed by atoms with Crippen LogP contribution in [0.3, 0.4) is 0 Å². The molecule has 1 aromatic rings. The first-order valence-electron chi connectivity index (χ1n) is 5.63. The maximum atomic E-state index is 11.7. The lowest BCUT2D eigenvalue weighted by Crippen LogP contribution is -2.34. The van der Waals surface area contributed by atoms with Gasteiger partial charge < -0.3 is 15.8 Å². The number of ether oxygens (including phenoxy) is 1. The highest BCUT2D eigenvalue weighted by Crippen LogP contribution is 2.07. The predicted molar refractivity (Wildman–Crippen MR) is 69.0 cm³/mol. The Bertz CT molecular complexity index is 433. The van der Waals surface area contributed by atoms with E-state index in [0.29, 0.717) is 11.3 Å². The van der Waals surface area contributed by atoms with Gasteiger partial charge in [-0.25, -0.2) is 0 Å². The van der Waals surface area contributed by atoms with Crippen LogP contribution >= 0.6 is 0 Å². The molecule has 5 heteroatoms. The summed E-state index contributed by atoms with van der Waals surface area (Å²) in [5.74, 6) is -0.799. The summed E-state index contributed by atoms with van der Waals surface area (Å²) in [6.07, 6.45) is 0. The maximum Gasteiger partial charge on any atom is 0.325 e. The molecule has 1 amide bonds. The first-order valence-corrected chi connectivity index (χ1v) is 5.63. The zero-order chi connectivity index (χ0) is 13.8. The van der Waals surface area contributed by atoms with E-state index in [9.17, 15) is 9.59 Å². The van der Waals surface area contributed by atoms with E-state index >= 15 is 0 Å². The third-order valence-corrected chi connectivity index (χ3v) is 1.99. The third-order valence-electron chi connectivity index (χ3n) is 1.99. The summed E-state index contributed by atoms with van der Waals surface area (Å²) in [4.78, 5) is 23.1. The normalized spacial score (nSPS) is 10.8. The van der Waals surface area contributed by atoms with Gasteiger partial charge in [-0.05, 0) is 45.0 Å². The lowest BCUT2D eigenvalue weighted by atomic mass is 10.2. The Morgan fingerprint density at radius 3 is 2.28 bits per heavy atom. The molecule has 3 N–H and O–H groups in total. The second kappa shape index (κ2) is 5.53. The van der Waals surface area contributed by atoms with Crippen LogP contribution in [-0.4, -0.2) is 24.0 Å². The van der Waals surface area contributed by atoms with Gasteiger partial charge in [0.05, 0.1) is 0 Å². The number of benzene rings is 1. The van der Waals surface area contributed by atoms with Crippen LogP contribution in [0.4, 0.5) is 5.69 Å². The molecular weight excluding hydrogens is 232 g/mol. The molecule has 0 heterocycles. The number of amides is 1. The van der Waals surface area contributed by atoms with Crippen molar-refractivity contribution in [1.29, 1.82) is 0 Å². The summed E-state index contributed by atoms with van der Waals surface area (Å²) >= 11 is 0. The quantitative estimate of drug-likeness (QED) is 0.626. The minimum atomic E-state index is -0.553. The summed E-state index contributed by atoms with van der Waals surface area (Å²) in [5, 5.41) is 2.49. The Hall–Kier alpha value is -2.04. The van der Waals surface area contributed by atoms with E-state index in [1.54, 1.807) is 45.0 Å². The average molecular weight is 250 g/mol. The molecule has 0 aliphatic carbocycles. The Morgan fingerprint density at radius 2 is 1.78 bits per heavy atom. The largest absolute Gasteiger partial charge is 0.459 e. The van der Waals surface area contributed by atoms with Crippen molar-refractivity contribution in [2.75, 3.05) is 12.3 Å². The highest BCUT2D eigenvalue weighted by Gasteiger charge is 2.16. The number of nitrogens with one attached hydrogen (secondary N) is 1. The van der Waals surface area contributed by atoms with E-state index in [1.165, 1.54) is 0 Å². The fourth-order valence-electron chi connectivity index (χ4n) is 1.27. The molecule has 0 radical (unpaired) electrons. The molecule has 0 atom stereocenters. The predicted octanol–water partition coefficient (Wildman–Crippen LogP) is 1.34. The van der Waals surface area contributed by atoms with Crippen LogP contribution in [-0.2, 0) is 9.53 Å². The Labute approximate surface area is 106 Å². The molecule has 0 aliphatic heterocycles. The number of hydrogen-bond acceptors (Lipinski definition) is 4. The van der Waals surface area contributed by atoms with Crippen LogP contribution in [0, 0.1) is 0 Å². The summed E-state index contributed by atoms with van der Waals surface area (Å²) < 4.78 is 5.07. The molecule has 98 valence electrons. The lowest BCUT2D eigenvalue weighted by molar-refractivity contribution is -0.153. The van der Waals surface area contributed by atoms with Crippen molar-refractivity contribution in [3.63, 3.8) is 0 Å². The van der Waals surface area contributed by atoms with E-state index in [-0.39, 0.29) is 12.5 Å². The molecule has 18 heavy (non-hydrogen) atoms. The van der Waals surface area contributed by atoms with Gasteiger partial charge in [-0.3, -0.25) is 9.59 Å². The molecular formula is C13H18N2O3. The van der Waals surface area contributed by atoms with Crippen molar-refractivity contribution < 1.29 is 14.3 Å². The average Bonchev–Trinajstić information content (AvgIpc) is 2.24. The van der Waals surface area contributed by atoms with Gasteiger partial charge in [0.25, 0.3) is 5.91 Å². The minimum absolute atomic E-state index is 0.152. The van der Waals surface area contributed by atoms with Crippen molar-refractivity contribution in [3.05, 3.63) is 29.8 Å². The molecule has 0 spiro atoms. The second-order valence-electron chi connectivity index (χ2n) is 4.89. The van der Waals surface area contributed by atoms with Gasteiger partial charge in [0, 0.05) is 11.3 Å². The van der Waals surface area contributed by atoms with Crippen molar-refractivity contribution in [3.8, 4) is 0 Å². The van der Waals surface area contributed by atoms with E-state index in [0.717, 1.165) is 0 Å². The van der Waals surface area contributed by atoms with E-state index < -0.39 is 11.6 Å². The minimum Gasteiger partial charge on any atom is -0.459 e. The first kappa shape index (κ1) is 14.0. The van der Waals surface area contributed by atoms with Crippen molar-refractivity contribution in [1.82, 2.24) is 5.32 Å². The SMILES string of the molecule is CC(C)(C)OC(=O)CNC(=O)c1ccc(N)cc1. The van der Waals surface area contributed by atoms with Gasteiger partial charge in [-0.2, -0.15) is 0 Å². The van der Waals surface area contributed by atoms with E-state index in [1.807, 2.05) is 0 Å². The number of carbonyl (C=O) groups is 2. The van der Waals surface area contributed by atoms with Crippen molar-refractivity contribution >= 4 is 17.6 Å². The number of hydrogen-bond donors (Lipinski definition) is 2. The molecule has 0 aromatic heterocycles. The van der Waals surface area contributed by atoms with Crippen LogP contribution < -0.4 is 11.1 Å². The number of nitrogens with two attached hydrogens (primary N) is 1. The van der Waals surface area contributed by atoms with E-state index in [2.05, 4.69) is 5.32 Å². The lowest BCUT2D eigenvalue weighted by Gasteiger charge is -2.19. The topological polar surface area (TPSA) is 81.4 Å². The van der Waals surface area contributed by atoms with Gasteiger partial charge in [0.2, 0.25) is 0 Å². The third kappa shape index (κ3) is 4.86. The highest BCUT2D eigenvalue weighted by molar-refractivity contribution is 5.96. The van der Waals surface area contributed by atoms with Gasteiger partial charge in [0.1, 0.15) is 12.1 Å². The molecule has 0 fully saturated rings. The summed E-state index contributed by atoms with van der Waals surface area (Å²) in [6, 6.07) is 6.45. The number of esters is 1. The summed E-state index contributed by atoms with van der Waals surface area (Å²) in [5.41, 5.74) is 5.99. The fourth-order valence-corrected chi connectivity index (χ4v) is 1.27. The summed E-state index contributed by atoms with van der Waals surface area (Å²) in [6.45, 7) is 5.16. The number of anilines is 1. The standard InChI is InChI=1S/C13H18N2O3/c1-13(2,3)18-11(16)8-15-12(17)9-4-6-10(14)7-5-9/h4-7H,8,14H2,1-3H3,(H,15,17). The van der Waals surface area contributed by atoms with Gasteiger partial charge in [0.15, 0.2) is 0 Å². The molecule has 0 aliphatic rings. The van der Waals surface area contributed by atoms with E-state index in [4.69, 9.17) is 10.5 Å². The fraction of sp³-hybridized carbons (Fsp3) is 0.385. The number of carbonyl (C=O) groups excluding carboxylic acids is 2. The molecule has 0 saturated carbocycles. The Morgan fingerprint density at radius 1 is 1.22 bits per heavy atom. The number of rotatable bonds is 3. The molecule has 0 bridgehead atoms. The van der Waals surface area contributed by atoms with Crippen LogP contribution in [0.1, 0.15) is 31.1 Å². The van der Waals surface area contributed by atoms with Gasteiger partial charge in [-0.1, -0.05) is 0 Å². The maximum absolute atomic E-state index is 11.7. The molecule has 0 unspecified atom stereocenters. The molecule has 0 saturated heterocycles. The Balaban J connectivity index is 2.47. The van der Waals surface area contributed by atoms with Crippen molar-refractivity contribution in [2.45, 2.75) is 26.4 Å². The number of nitrogen functional groups attached to an aromatic ring is 1. The summed E-state index contributed by atoms with van der Waals surface area (Å²) in [7, 11) is 0. The van der Waals surface area contributed by atoms with Crippen molar-refractivity contribution in [2.24, 2.45) is 0 Å². The zero-order valence-electron chi connectivity index (χ0n) is 10.8. The van der Waals surface area contributed by atoms with Crippen LogP contribution in [0.25, 0.3) is 0 Å². The molecule has 1 aromatic carbocycles.